The monoisotopic (exact) mass is 462 g/mol. The van der Waals surface area contributed by atoms with Crippen LogP contribution in [-0.2, 0) is 13.0 Å². The Morgan fingerprint density at radius 3 is 2.65 bits per heavy atom. The molecule has 34 heavy (non-hydrogen) atoms. The summed E-state index contributed by atoms with van der Waals surface area (Å²) in [6.07, 6.45) is 2.08. The summed E-state index contributed by atoms with van der Waals surface area (Å²) < 4.78 is 13.4. The lowest BCUT2D eigenvalue weighted by Crippen LogP contribution is -2.22. The molecule has 176 valence electrons. The zero-order valence-corrected chi connectivity index (χ0v) is 19.1. The second kappa shape index (κ2) is 10.0. The van der Waals surface area contributed by atoms with Crippen molar-refractivity contribution < 1.29 is 19.4 Å². The molecule has 0 unspecified atom stereocenters. The molecule has 7 nitrogen and oxygen atoms in total. The SMILES string of the molecule is CCc1c(CN(C)CCO)cccc1Nc1c(C(=O)O)cnc2[nH]c(-c3ccc(F)cc3)cc12. The van der Waals surface area contributed by atoms with Crippen LogP contribution in [0, 0.1) is 5.82 Å². The predicted molar refractivity (Wildman–Crippen MR) is 131 cm³/mol. The Morgan fingerprint density at radius 1 is 1.21 bits per heavy atom. The first-order valence-electron chi connectivity index (χ1n) is 11.1. The molecule has 2 aromatic carbocycles. The number of aromatic carboxylic acids is 1. The molecule has 0 aliphatic carbocycles. The molecule has 4 aromatic rings. The van der Waals surface area contributed by atoms with Crippen molar-refractivity contribution in [2.75, 3.05) is 25.5 Å². The summed E-state index contributed by atoms with van der Waals surface area (Å²) in [7, 11) is 1.95. The number of nitrogens with zero attached hydrogens (tertiary/aromatic N) is 2. The van der Waals surface area contributed by atoms with Gasteiger partial charge < -0.3 is 20.5 Å². The molecule has 2 aromatic heterocycles. The first-order valence-corrected chi connectivity index (χ1v) is 11.1. The fourth-order valence-electron chi connectivity index (χ4n) is 4.15. The molecule has 0 aliphatic heterocycles. The number of hydrogen-bond acceptors (Lipinski definition) is 5. The predicted octanol–water partition coefficient (Wildman–Crippen LogP) is 4.80. The number of aromatic nitrogens is 2. The van der Waals surface area contributed by atoms with Crippen LogP contribution in [0.3, 0.4) is 0 Å². The number of halogens is 1. The van der Waals surface area contributed by atoms with Gasteiger partial charge in [0.2, 0.25) is 0 Å². The minimum Gasteiger partial charge on any atom is -0.478 e. The number of hydrogen-bond donors (Lipinski definition) is 4. The van der Waals surface area contributed by atoms with E-state index in [1.807, 2.05) is 36.2 Å². The molecule has 8 heteroatoms. The fraction of sp³-hybridized carbons (Fsp3) is 0.231. The fourth-order valence-corrected chi connectivity index (χ4v) is 4.15. The van der Waals surface area contributed by atoms with Crippen LogP contribution in [0.1, 0.15) is 28.4 Å². The highest BCUT2D eigenvalue weighted by molar-refractivity contribution is 6.06. The largest absolute Gasteiger partial charge is 0.478 e. The van der Waals surface area contributed by atoms with Gasteiger partial charge in [0.25, 0.3) is 0 Å². The Bertz CT molecular complexity index is 1320. The van der Waals surface area contributed by atoms with Gasteiger partial charge in [-0.3, -0.25) is 4.90 Å². The average Bonchev–Trinajstić information content (AvgIpc) is 3.25. The van der Waals surface area contributed by atoms with Gasteiger partial charge in [0.15, 0.2) is 0 Å². The van der Waals surface area contributed by atoms with Gasteiger partial charge in [-0.15, -0.1) is 0 Å². The second-order valence-corrected chi connectivity index (χ2v) is 8.19. The smallest absolute Gasteiger partial charge is 0.339 e. The zero-order valence-electron chi connectivity index (χ0n) is 19.1. The number of anilines is 2. The number of benzene rings is 2. The molecule has 0 radical (unpaired) electrons. The highest BCUT2D eigenvalue weighted by Crippen LogP contribution is 2.34. The number of rotatable bonds is 9. The van der Waals surface area contributed by atoms with E-state index >= 15 is 0 Å². The Balaban J connectivity index is 1.80. The molecular formula is C26H27FN4O3. The van der Waals surface area contributed by atoms with Crippen molar-refractivity contribution in [1.82, 2.24) is 14.9 Å². The van der Waals surface area contributed by atoms with E-state index in [4.69, 9.17) is 0 Å². The highest BCUT2D eigenvalue weighted by Gasteiger charge is 2.19. The molecule has 0 aliphatic rings. The van der Waals surface area contributed by atoms with Gasteiger partial charge in [-0.2, -0.15) is 0 Å². The van der Waals surface area contributed by atoms with Crippen molar-refractivity contribution >= 4 is 28.4 Å². The number of aliphatic hydroxyl groups excluding tert-OH is 1. The number of pyridine rings is 1. The Hall–Kier alpha value is -3.75. The maximum atomic E-state index is 13.4. The van der Waals surface area contributed by atoms with E-state index < -0.39 is 5.97 Å². The minimum absolute atomic E-state index is 0.0574. The van der Waals surface area contributed by atoms with Crippen molar-refractivity contribution in [3.05, 3.63) is 77.2 Å². The number of carboxylic acid groups (broad SMARTS) is 1. The van der Waals surface area contributed by atoms with Gasteiger partial charge in [-0.25, -0.2) is 14.2 Å². The van der Waals surface area contributed by atoms with Crippen LogP contribution < -0.4 is 5.32 Å². The summed E-state index contributed by atoms with van der Waals surface area (Å²) in [4.78, 5) is 21.6. The maximum absolute atomic E-state index is 13.4. The van der Waals surface area contributed by atoms with Gasteiger partial charge in [0.1, 0.15) is 17.0 Å². The number of carboxylic acids is 1. The Labute approximate surface area is 196 Å². The van der Waals surface area contributed by atoms with Crippen LogP contribution in [0.5, 0.6) is 0 Å². The van der Waals surface area contributed by atoms with E-state index in [2.05, 4.69) is 22.2 Å². The normalized spacial score (nSPS) is 11.3. The van der Waals surface area contributed by atoms with Crippen LogP contribution in [0.25, 0.3) is 22.3 Å². The van der Waals surface area contributed by atoms with Crippen LogP contribution in [-0.4, -0.2) is 51.2 Å². The lowest BCUT2D eigenvalue weighted by molar-refractivity contribution is 0.0697. The van der Waals surface area contributed by atoms with E-state index in [-0.39, 0.29) is 18.0 Å². The lowest BCUT2D eigenvalue weighted by atomic mass is 10.0. The standard InChI is InChI=1S/C26H27FN4O3/c1-3-19-17(15-31(2)11-12-32)5-4-6-22(19)29-24-20-13-23(16-7-9-18(27)10-8-16)30-25(20)28-14-21(24)26(33)34/h4-10,13-14,32H,3,11-12,15H2,1-2H3,(H,33,34)(H2,28,29,30). The first kappa shape index (κ1) is 23.4. The summed E-state index contributed by atoms with van der Waals surface area (Å²) >= 11 is 0. The Morgan fingerprint density at radius 2 is 1.97 bits per heavy atom. The summed E-state index contributed by atoms with van der Waals surface area (Å²) in [5.41, 5.74) is 5.50. The summed E-state index contributed by atoms with van der Waals surface area (Å²) in [6.45, 7) is 3.36. The van der Waals surface area contributed by atoms with Crippen LogP contribution in [0.2, 0.25) is 0 Å². The molecule has 0 fully saturated rings. The topological polar surface area (TPSA) is 101 Å². The van der Waals surface area contributed by atoms with Crippen LogP contribution in [0.4, 0.5) is 15.8 Å². The molecule has 0 amide bonds. The first-order chi connectivity index (χ1) is 16.4. The van der Waals surface area contributed by atoms with Gasteiger partial charge >= 0.3 is 5.97 Å². The number of aliphatic hydroxyl groups is 1. The summed E-state index contributed by atoms with van der Waals surface area (Å²) in [5.74, 6) is -1.41. The molecule has 0 spiro atoms. The summed E-state index contributed by atoms with van der Waals surface area (Å²) in [6, 6.07) is 13.8. The van der Waals surface area contributed by atoms with Gasteiger partial charge in [-0.05, 0) is 66.6 Å². The van der Waals surface area contributed by atoms with Gasteiger partial charge in [0.05, 0.1) is 12.3 Å². The van der Waals surface area contributed by atoms with Crippen molar-refractivity contribution in [3.63, 3.8) is 0 Å². The Kier molecular flexibility index (Phi) is 6.90. The summed E-state index contributed by atoms with van der Waals surface area (Å²) in [5, 5.41) is 23.1. The van der Waals surface area contributed by atoms with Crippen molar-refractivity contribution in [2.45, 2.75) is 19.9 Å². The number of fused-ring (bicyclic) bond motifs is 1. The van der Waals surface area contributed by atoms with Crippen molar-refractivity contribution in [2.24, 2.45) is 0 Å². The van der Waals surface area contributed by atoms with Gasteiger partial charge in [-0.1, -0.05) is 19.1 Å². The number of likely N-dealkylation sites (N-methyl/N-ethyl adjacent to an activating group) is 1. The lowest BCUT2D eigenvalue weighted by Gasteiger charge is -2.20. The second-order valence-electron chi connectivity index (χ2n) is 8.19. The van der Waals surface area contributed by atoms with Crippen molar-refractivity contribution in [1.29, 1.82) is 0 Å². The zero-order chi connectivity index (χ0) is 24.2. The number of nitrogens with one attached hydrogen (secondary N) is 2. The highest BCUT2D eigenvalue weighted by atomic mass is 19.1. The molecule has 0 saturated carbocycles. The van der Waals surface area contributed by atoms with E-state index in [0.29, 0.717) is 35.5 Å². The van der Waals surface area contributed by atoms with Gasteiger partial charge in [0, 0.05) is 36.1 Å². The third kappa shape index (κ3) is 4.78. The quantitative estimate of drug-likeness (QED) is 0.285. The molecular weight excluding hydrogens is 435 g/mol. The van der Waals surface area contributed by atoms with E-state index in [1.165, 1.54) is 18.3 Å². The number of H-pyrrole nitrogens is 1. The number of carbonyl (C=O) groups is 1. The average molecular weight is 463 g/mol. The molecule has 0 bridgehead atoms. The molecule has 4 rings (SSSR count). The minimum atomic E-state index is -1.08. The van der Waals surface area contributed by atoms with E-state index in [9.17, 15) is 19.4 Å². The number of aromatic amines is 1. The third-order valence-corrected chi connectivity index (χ3v) is 5.85. The van der Waals surface area contributed by atoms with Crippen LogP contribution in [0.15, 0.2) is 54.7 Å². The van der Waals surface area contributed by atoms with E-state index in [0.717, 1.165) is 28.8 Å². The molecule has 2 heterocycles. The maximum Gasteiger partial charge on any atom is 0.339 e. The van der Waals surface area contributed by atoms with Crippen molar-refractivity contribution in [3.8, 4) is 11.3 Å². The molecule has 0 saturated heterocycles. The van der Waals surface area contributed by atoms with E-state index in [1.54, 1.807) is 12.1 Å². The third-order valence-electron chi connectivity index (χ3n) is 5.85. The van der Waals surface area contributed by atoms with Crippen LogP contribution >= 0.6 is 0 Å². The molecule has 4 N–H and O–H groups in total. The molecule has 0 atom stereocenters.